The molecule has 10 rings (SSSR count). The first-order chi connectivity index (χ1) is 41.5. The fourth-order valence-electron chi connectivity index (χ4n) is 13.2. The van der Waals surface area contributed by atoms with Crippen LogP contribution in [-0.4, -0.2) is 164 Å². The molecule has 5 aliphatic rings. The van der Waals surface area contributed by atoms with Crippen molar-refractivity contribution >= 4 is 71.0 Å². The zero-order chi connectivity index (χ0) is 62.1. The summed E-state index contributed by atoms with van der Waals surface area (Å²) in [5, 5.41) is 10.1. The molecule has 1 aliphatic carbocycles. The van der Waals surface area contributed by atoms with Gasteiger partial charge >= 0.3 is 12.1 Å². The van der Waals surface area contributed by atoms with E-state index in [1.54, 1.807) is 41.4 Å². The number of amides is 5. The molecule has 5 amide bonds. The molecule has 2 N–H and O–H groups in total. The zero-order valence-corrected chi connectivity index (χ0v) is 52.9. The number of carbonyl (C=O) groups is 5. The van der Waals surface area contributed by atoms with Gasteiger partial charge in [-0.2, -0.15) is 9.97 Å². The third-order valence-corrected chi connectivity index (χ3v) is 24.1. The minimum absolute atomic E-state index is 0.0504. The Morgan fingerprint density at radius 3 is 2.29 bits per heavy atom. The Hall–Kier alpha value is -7.32. The third-order valence-electron chi connectivity index (χ3n) is 17.9. The lowest BCUT2D eigenvalue weighted by molar-refractivity contribution is -0.136. The molecule has 6 heterocycles. The van der Waals surface area contributed by atoms with Crippen molar-refractivity contribution in [2.75, 3.05) is 89.7 Å². The molecular weight excluding hydrogens is 1130 g/mol. The fraction of sp³-hybridized carbons (Fsp3) is 0.538. The van der Waals surface area contributed by atoms with Gasteiger partial charge in [0.15, 0.2) is 18.4 Å². The van der Waals surface area contributed by atoms with Crippen LogP contribution in [0, 0.1) is 28.5 Å². The van der Waals surface area contributed by atoms with Crippen LogP contribution in [0.1, 0.15) is 140 Å². The molecule has 1 unspecified atom stereocenters. The van der Waals surface area contributed by atoms with Gasteiger partial charge in [-0.05, 0) is 125 Å². The van der Waals surface area contributed by atoms with Gasteiger partial charge < -0.3 is 34.1 Å². The van der Waals surface area contributed by atoms with E-state index < -0.39 is 61.1 Å². The molecule has 0 radical (unpaired) electrons. The molecule has 22 heteroatoms. The van der Waals surface area contributed by atoms with Gasteiger partial charge in [0.25, 0.3) is 11.8 Å². The standard InChI is InChI=1S/C65H82F2N10O9Si/c1-40(2)87(41(3)4,42(5)6)33-22-45-49(66)19-18-43-34-44(85-39-83-10)35-47(53(43)45)56-55(67)57-48(36-69-56)58(75-27-12-11-13-28-76(75)63(82)86-64(7,8)9)72-62(71-57)84-38-65(23-24-65)37-74-31-29-73(30-32-74)26-15-25-68-50-17-14-16-46-54(50)61(81)77(60(46)80)51-20-21-52(78)70-59(51)79/h14,16-19,34-36,40-42,51,68H,11-13,15,20-21,23-32,37-39H2,1-10H3,(H,70,78,79). The lowest BCUT2D eigenvalue weighted by atomic mass is 9.95. The molecular formula is C65H82F2N10O9Si. The van der Waals surface area contributed by atoms with E-state index in [2.05, 4.69) is 73.4 Å². The molecule has 4 fully saturated rings. The minimum atomic E-state index is -2.38. The van der Waals surface area contributed by atoms with Crippen LogP contribution in [0.5, 0.6) is 11.8 Å². The molecule has 3 aromatic carbocycles. The number of benzene rings is 3. The number of rotatable bonds is 19. The van der Waals surface area contributed by atoms with Gasteiger partial charge in [0.05, 0.1) is 28.7 Å². The number of halogens is 2. The Labute approximate surface area is 509 Å². The van der Waals surface area contributed by atoms with E-state index in [1.807, 2.05) is 20.8 Å². The topological polar surface area (TPSA) is 201 Å². The van der Waals surface area contributed by atoms with Crippen LogP contribution in [0.4, 0.5) is 25.1 Å². The number of hydrazine groups is 1. The number of anilines is 2. The fourth-order valence-corrected chi connectivity index (χ4v) is 18.5. The smallest absolute Gasteiger partial charge is 0.429 e. The van der Waals surface area contributed by atoms with Crippen molar-refractivity contribution in [1.82, 2.24) is 40.0 Å². The van der Waals surface area contributed by atoms with Crippen LogP contribution >= 0.6 is 0 Å². The molecule has 87 heavy (non-hydrogen) atoms. The average molecular weight is 1210 g/mol. The van der Waals surface area contributed by atoms with Crippen molar-refractivity contribution in [3.05, 3.63) is 77.0 Å². The summed E-state index contributed by atoms with van der Waals surface area (Å²) in [6, 6.07) is 10.4. The van der Waals surface area contributed by atoms with Crippen LogP contribution in [0.25, 0.3) is 32.9 Å². The number of piperazine rings is 1. The van der Waals surface area contributed by atoms with Crippen molar-refractivity contribution in [3.63, 3.8) is 0 Å². The van der Waals surface area contributed by atoms with E-state index in [-0.39, 0.29) is 99.0 Å². The highest BCUT2D eigenvalue weighted by Crippen LogP contribution is 2.48. The highest BCUT2D eigenvalue weighted by Gasteiger charge is 2.48. The highest BCUT2D eigenvalue weighted by molar-refractivity contribution is 6.90. The van der Waals surface area contributed by atoms with Crippen LogP contribution in [0.15, 0.2) is 48.7 Å². The van der Waals surface area contributed by atoms with Crippen molar-refractivity contribution < 1.29 is 51.7 Å². The monoisotopic (exact) mass is 1210 g/mol. The number of ether oxygens (including phenoxy) is 4. The first kappa shape index (κ1) is 62.7. The lowest BCUT2D eigenvalue weighted by Gasteiger charge is -2.38. The molecule has 1 saturated carbocycles. The summed E-state index contributed by atoms with van der Waals surface area (Å²) in [5.74, 6) is 0.448. The predicted octanol–water partition coefficient (Wildman–Crippen LogP) is 10.5. The van der Waals surface area contributed by atoms with E-state index in [1.165, 1.54) is 24.4 Å². The number of imide groups is 2. The molecule has 5 aromatic rings. The SMILES string of the molecule is COCOc1cc(-c2ncc3c(N4CCCCCN4C(=O)OC(C)(C)C)nc(OCC4(CN5CCN(CCCNc6cccc7c6C(=O)N(C6CCC(=O)NC6=O)C7=O)CC5)CC4)nc3c2F)c2c(C#C[Si](C(C)C)(C(C)C)C(C)C)c(F)ccc2c1. The maximum absolute atomic E-state index is 18.3. The van der Waals surface area contributed by atoms with Crippen molar-refractivity contribution in [1.29, 1.82) is 0 Å². The van der Waals surface area contributed by atoms with Crippen molar-refractivity contribution in [3.8, 4) is 34.5 Å². The van der Waals surface area contributed by atoms with Crippen LogP contribution in [0.3, 0.4) is 0 Å². The summed E-state index contributed by atoms with van der Waals surface area (Å²) in [5.41, 5.74) is 4.70. The normalized spacial score (nSPS) is 18.6. The Kier molecular flexibility index (Phi) is 18.6. The average Bonchev–Trinajstić information content (AvgIpc) is 1.81. The number of carbonyl (C=O) groups excluding carboxylic acids is 5. The Morgan fingerprint density at radius 2 is 1.60 bits per heavy atom. The summed E-state index contributed by atoms with van der Waals surface area (Å²) in [7, 11) is -0.874. The molecule has 1 atom stereocenters. The highest BCUT2D eigenvalue weighted by atomic mass is 28.3. The number of nitrogens with zero attached hydrogens (tertiary/aromatic N) is 8. The first-order valence-corrected chi connectivity index (χ1v) is 33.0. The number of methoxy groups -OCH3 is 1. The van der Waals surface area contributed by atoms with Gasteiger partial charge in [-0.15, -0.1) is 5.54 Å². The maximum Gasteiger partial charge on any atom is 0.429 e. The summed E-state index contributed by atoms with van der Waals surface area (Å²) >= 11 is 0. The minimum Gasteiger partial charge on any atom is -0.468 e. The van der Waals surface area contributed by atoms with Gasteiger partial charge in [0.1, 0.15) is 42.5 Å². The van der Waals surface area contributed by atoms with E-state index >= 15 is 8.78 Å². The van der Waals surface area contributed by atoms with Gasteiger partial charge in [-0.1, -0.05) is 59.6 Å². The number of piperidine rings is 1. The summed E-state index contributed by atoms with van der Waals surface area (Å²) < 4.78 is 58.7. The Bertz CT molecular complexity index is 3510. The van der Waals surface area contributed by atoms with E-state index in [0.29, 0.717) is 54.7 Å². The first-order valence-electron chi connectivity index (χ1n) is 30.7. The molecule has 0 spiro atoms. The Morgan fingerprint density at radius 1 is 0.874 bits per heavy atom. The summed E-state index contributed by atoms with van der Waals surface area (Å²) in [4.78, 5) is 86.0. The Balaban J connectivity index is 0.896. The van der Waals surface area contributed by atoms with E-state index in [4.69, 9.17) is 33.9 Å². The molecule has 464 valence electrons. The van der Waals surface area contributed by atoms with Gasteiger partial charge in [0.2, 0.25) is 11.8 Å². The molecule has 19 nitrogen and oxygen atoms in total. The third kappa shape index (κ3) is 13.1. The summed E-state index contributed by atoms with van der Waals surface area (Å²) in [6.07, 6.45) is 5.92. The number of fused-ring (bicyclic) bond motifs is 3. The van der Waals surface area contributed by atoms with E-state index in [0.717, 1.165) is 69.9 Å². The van der Waals surface area contributed by atoms with Crippen LogP contribution in [0.2, 0.25) is 16.6 Å². The quantitative estimate of drug-likeness (QED) is 0.0260. The second-order valence-electron chi connectivity index (χ2n) is 25.9. The number of hydrogen-bond donors (Lipinski definition) is 2. The van der Waals surface area contributed by atoms with Crippen LogP contribution < -0.4 is 25.1 Å². The second kappa shape index (κ2) is 25.8. The van der Waals surface area contributed by atoms with Gasteiger partial charge in [-0.25, -0.2) is 18.6 Å². The summed E-state index contributed by atoms with van der Waals surface area (Å²) in [6.45, 7) is 25.0. The van der Waals surface area contributed by atoms with E-state index in [9.17, 15) is 24.0 Å². The lowest BCUT2D eigenvalue weighted by Crippen LogP contribution is -2.54. The molecule has 4 aliphatic heterocycles. The number of aromatic nitrogens is 3. The van der Waals surface area contributed by atoms with Crippen molar-refractivity contribution in [2.45, 2.75) is 142 Å². The van der Waals surface area contributed by atoms with Crippen LogP contribution in [-0.2, 0) is 19.1 Å². The van der Waals surface area contributed by atoms with Gasteiger partial charge in [-0.3, -0.25) is 39.4 Å². The second-order valence-corrected chi connectivity index (χ2v) is 31.4. The van der Waals surface area contributed by atoms with Gasteiger partial charge in [0, 0.05) is 94.1 Å². The predicted molar refractivity (Wildman–Crippen MR) is 331 cm³/mol. The maximum atomic E-state index is 18.3. The molecule has 3 saturated heterocycles. The number of pyridine rings is 1. The largest absolute Gasteiger partial charge is 0.468 e. The molecule has 2 aromatic heterocycles. The van der Waals surface area contributed by atoms with Crippen molar-refractivity contribution in [2.24, 2.45) is 5.41 Å². The number of hydrogen-bond acceptors (Lipinski definition) is 16. The zero-order valence-electron chi connectivity index (χ0n) is 51.9. The number of nitrogens with one attached hydrogen (secondary N) is 2. The molecule has 0 bridgehead atoms.